The number of aromatic amines is 1. The van der Waals surface area contributed by atoms with E-state index in [1.54, 1.807) is 0 Å². The molecule has 1 saturated heterocycles. The summed E-state index contributed by atoms with van der Waals surface area (Å²) in [5.74, 6) is -0.672. The lowest BCUT2D eigenvalue weighted by Gasteiger charge is -2.44. The van der Waals surface area contributed by atoms with Gasteiger partial charge in [0.05, 0.1) is 25.5 Å². The fourth-order valence-corrected chi connectivity index (χ4v) is 4.75. The minimum atomic E-state index is -1.59. The van der Waals surface area contributed by atoms with E-state index in [9.17, 15) is 30.0 Å². The van der Waals surface area contributed by atoms with Gasteiger partial charge in [0.15, 0.2) is 17.7 Å². The summed E-state index contributed by atoms with van der Waals surface area (Å²) < 4.78 is 5.77. The average Bonchev–Trinajstić information content (AvgIpc) is 3.44. The number of aliphatic hydroxyl groups excluding tert-OH is 4. The maximum atomic E-state index is 12.6. The summed E-state index contributed by atoms with van der Waals surface area (Å²) in [4.78, 5) is 39.7. The van der Waals surface area contributed by atoms with Crippen LogP contribution >= 0.6 is 0 Å². The maximum Gasteiger partial charge on any atom is 0.239 e. The molecule has 1 aliphatic heterocycles. The van der Waals surface area contributed by atoms with Crippen molar-refractivity contribution in [3.05, 3.63) is 12.7 Å². The highest BCUT2D eigenvalue weighted by molar-refractivity contribution is 5.85. The number of H-pyrrole nitrogens is 1. The van der Waals surface area contributed by atoms with E-state index in [4.69, 9.17) is 4.74 Å². The molecule has 3 heterocycles. The Labute approximate surface area is 233 Å². The molecule has 0 spiro atoms. The predicted octanol–water partition coefficient (Wildman–Crippen LogP) is 0.0866. The molecule has 6 atom stereocenters. The number of imidazole rings is 1. The van der Waals surface area contributed by atoms with Gasteiger partial charge in [0.2, 0.25) is 11.8 Å². The van der Waals surface area contributed by atoms with Crippen LogP contribution in [0.4, 0.5) is 5.82 Å². The number of carbonyl (C=O) groups excluding carboxylic acids is 2. The van der Waals surface area contributed by atoms with E-state index in [0.717, 1.165) is 25.7 Å². The summed E-state index contributed by atoms with van der Waals surface area (Å²) >= 11 is 0. The number of amides is 2. The first-order valence-electron chi connectivity index (χ1n) is 14.1. The van der Waals surface area contributed by atoms with Crippen molar-refractivity contribution in [1.29, 1.82) is 0 Å². The summed E-state index contributed by atoms with van der Waals surface area (Å²) in [6.45, 7) is 1.12. The van der Waals surface area contributed by atoms with Crippen molar-refractivity contribution in [3.63, 3.8) is 0 Å². The second kappa shape index (κ2) is 16.4. The lowest BCUT2D eigenvalue weighted by molar-refractivity contribution is -0.204. The molecule has 2 amide bonds. The molecule has 1 aliphatic rings. The largest absolute Gasteiger partial charge is 0.394 e. The van der Waals surface area contributed by atoms with E-state index >= 15 is 0 Å². The highest BCUT2D eigenvalue weighted by atomic mass is 16.5. The zero-order valence-electron chi connectivity index (χ0n) is 23.0. The van der Waals surface area contributed by atoms with E-state index < -0.39 is 49.2 Å². The summed E-state index contributed by atoms with van der Waals surface area (Å²) in [6, 6.07) is -1.27. The summed E-state index contributed by atoms with van der Waals surface area (Å²) in [5, 5.41) is 49.4. The van der Waals surface area contributed by atoms with Crippen LogP contribution in [-0.2, 0) is 14.3 Å². The highest BCUT2D eigenvalue weighted by Crippen LogP contribution is 2.26. The molecule has 40 heavy (non-hydrogen) atoms. The molecule has 14 nitrogen and oxygen atoms in total. The van der Waals surface area contributed by atoms with Crippen LogP contribution in [0.5, 0.6) is 0 Å². The van der Waals surface area contributed by atoms with Gasteiger partial charge in [0, 0.05) is 6.42 Å². The Morgan fingerprint density at radius 2 is 1.70 bits per heavy atom. The number of hydrogen-bond acceptors (Lipinski definition) is 11. The normalized spacial score (nSPS) is 23.6. The van der Waals surface area contributed by atoms with Gasteiger partial charge in [-0.2, -0.15) is 0 Å². The van der Waals surface area contributed by atoms with Crippen molar-refractivity contribution in [1.82, 2.24) is 30.6 Å². The Hall–Kier alpha value is -2.91. The van der Waals surface area contributed by atoms with Crippen LogP contribution in [-0.4, -0.2) is 102 Å². The molecule has 0 aliphatic carbocycles. The first-order chi connectivity index (χ1) is 19.3. The number of aliphatic hydroxyl groups is 4. The Morgan fingerprint density at radius 1 is 1.00 bits per heavy atom. The number of ether oxygens (including phenoxy) is 1. The summed E-state index contributed by atoms with van der Waals surface area (Å²) in [7, 11) is 0. The molecule has 14 heteroatoms. The number of fused-ring (bicyclic) bond motifs is 1. The monoisotopic (exact) mass is 565 g/mol. The third-order valence-electron chi connectivity index (χ3n) is 7.04. The zero-order chi connectivity index (χ0) is 28.9. The lowest BCUT2D eigenvalue weighted by atomic mass is 9.92. The number of hydrogen-bond donors (Lipinski definition) is 8. The van der Waals surface area contributed by atoms with E-state index in [0.29, 0.717) is 17.6 Å². The van der Waals surface area contributed by atoms with Crippen molar-refractivity contribution >= 4 is 28.8 Å². The molecule has 0 unspecified atom stereocenters. The number of carbonyl (C=O) groups is 2. The van der Waals surface area contributed by atoms with E-state index in [1.807, 2.05) is 0 Å². The number of aromatic nitrogens is 4. The second-order valence-electron chi connectivity index (χ2n) is 10.2. The molecule has 0 saturated carbocycles. The first kappa shape index (κ1) is 31.6. The fraction of sp³-hybridized carbons (Fsp3) is 0.731. The number of nitrogens with one attached hydrogen (secondary N) is 4. The highest BCUT2D eigenvalue weighted by Gasteiger charge is 2.48. The third-order valence-corrected chi connectivity index (χ3v) is 7.04. The predicted molar refractivity (Wildman–Crippen MR) is 146 cm³/mol. The maximum absolute atomic E-state index is 12.6. The van der Waals surface area contributed by atoms with Gasteiger partial charge in [-0.3, -0.25) is 9.59 Å². The summed E-state index contributed by atoms with van der Waals surface area (Å²) in [6.07, 6.45) is 5.99. The minimum absolute atomic E-state index is 0.230. The number of rotatable bonds is 17. The fourth-order valence-electron chi connectivity index (χ4n) is 4.75. The number of nitrogens with zero attached hydrogens (tertiary/aromatic N) is 3. The zero-order valence-corrected chi connectivity index (χ0v) is 23.0. The molecular formula is C26H43N7O7. The molecule has 2 aromatic heterocycles. The van der Waals surface area contributed by atoms with Crippen molar-refractivity contribution < 1.29 is 34.8 Å². The van der Waals surface area contributed by atoms with Crippen molar-refractivity contribution in [2.45, 2.75) is 108 Å². The molecular weight excluding hydrogens is 522 g/mol. The Morgan fingerprint density at radius 3 is 2.40 bits per heavy atom. The van der Waals surface area contributed by atoms with Gasteiger partial charge in [-0.15, -0.1) is 0 Å². The van der Waals surface area contributed by atoms with Gasteiger partial charge in [-0.05, 0) is 6.42 Å². The van der Waals surface area contributed by atoms with Gasteiger partial charge in [0.25, 0.3) is 0 Å². The van der Waals surface area contributed by atoms with Crippen LogP contribution in [0.2, 0.25) is 0 Å². The van der Waals surface area contributed by atoms with Crippen LogP contribution in [0.3, 0.4) is 0 Å². The minimum Gasteiger partial charge on any atom is -0.394 e. The average molecular weight is 566 g/mol. The van der Waals surface area contributed by atoms with Crippen LogP contribution < -0.4 is 16.0 Å². The van der Waals surface area contributed by atoms with Gasteiger partial charge >= 0.3 is 0 Å². The number of anilines is 1. The smallest absolute Gasteiger partial charge is 0.239 e. The lowest BCUT2D eigenvalue weighted by Crippen LogP contribution is -2.68. The third kappa shape index (κ3) is 9.06. The molecule has 224 valence electrons. The topological polar surface area (TPSA) is 215 Å². The molecule has 0 aromatic carbocycles. The van der Waals surface area contributed by atoms with Gasteiger partial charge < -0.3 is 46.1 Å². The molecule has 8 N–H and O–H groups in total. The molecule has 2 aromatic rings. The van der Waals surface area contributed by atoms with E-state index in [1.165, 1.54) is 44.8 Å². The molecule has 0 bridgehead atoms. The van der Waals surface area contributed by atoms with Gasteiger partial charge in [-0.25, -0.2) is 15.0 Å². The Bertz CT molecular complexity index is 1060. The first-order valence-corrected chi connectivity index (χ1v) is 14.1. The quantitative estimate of drug-likeness (QED) is 0.120. The molecule has 3 rings (SSSR count). The Kier molecular flexibility index (Phi) is 12.9. The van der Waals surface area contributed by atoms with Crippen LogP contribution in [0.15, 0.2) is 12.7 Å². The van der Waals surface area contributed by atoms with E-state index in [-0.39, 0.29) is 18.3 Å². The van der Waals surface area contributed by atoms with E-state index in [2.05, 4.69) is 42.8 Å². The second-order valence-corrected chi connectivity index (χ2v) is 10.2. The van der Waals surface area contributed by atoms with Crippen LogP contribution in [0, 0.1) is 0 Å². The number of unbranched alkanes of at least 4 members (excludes halogenated alkanes) is 8. The van der Waals surface area contributed by atoms with Crippen molar-refractivity contribution in [2.24, 2.45) is 0 Å². The standard InChI is InChI=1S/C26H43N7O7/c1-2-3-4-5-6-7-8-9-10-11-17(36)27-12-18(37)32-19-21(38)22(39)26(40-23(19)16(35)13-34)33-25-20-24(29-14-28-20)30-15-31-25/h14-16,19,21-23,26,34-35,38-39H,2-13H2,1H3,(H,27,36)(H,32,37)(H2,28,29,30,31,33)/t16-,19-,21-,22-,23+,26-/m1/s1. The summed E-state index contributed by atoms with van der Waals surface area (Å²) in [5.41, 5.74) is 0.793. The molecule has 1 fully saturated rings. The van der Waals surface area contributed by atoms with Gasteiger partial charge in [0.1, 0.15) is 36.3 Å². The van der Waals surface area contributed by atoms with Gasteiger partial charge in [-0.1, -0.05) is 58.3 Å². The molecule has 0 radical (unpaired) electrons. The van der Waals surface area contributed by atoms with Crippen LogP contribution in [0.1, 0.15) is 71.1 Å². The van der Waals surface area contributed by atoms with Crippen molar-refractivity contribution in [3.8, 4) is 0 Å². The van der Waals surface area contributed by atoms with Crippen molar-refractivity contribution in [2.75, 3.05) is 18.5 Å². The SMILES string of the molecule is CCCCCCCCCCCC(=O)NCC(=O)N[C@@H]1[C@@H](O)[C@@H](O)[C@H](Nc2ncnc3nc[nH]c23)O[C@H]1[C@H](O)CO. The Balaban J connectivity index is 1.46. The van der Waals surface area contributed by atoms with Crippen LogP contribution in [0.25, 0.3) is 11.2 Å².